The van der Waals surface area contributed by atoms with E-state index in [-0.39, 0.29) is 27.0 Å². The molecular weight excluding hydrogens is 353 g/mol. The molecule has 2 rings (SSSR count). The molecule has 21 heavy (non-hydrogen) atoms. The fourth-order valence-electron chi connectivity index (χ4n) is 1.75. The fraction of sp³-hybridized carbons (Fsp3) is 0.231. The monoisotopic (exact) mass is 365 g/mol. The van der Waals surface area contributed by atoms with Crippen molar-refractivity contribution in [3.8, 4) is 0 Å². The van der Waals surface area contributed by atoms with Crippen molar-refractivity contribution < 1.29 is 13.5 Å². The summed E-state index contributed by atoms with van der Waals surface area (Å²) < 4.78 is 27.1. The van der Waals surface area contributed by atoms with E-state index in [2.05, 4.69) is 4.72 Å². The van der Waals surface area contributed by atoms with E-state index in [9.17, 15) is 13.5 Å². The minimum absolute atomic E-state index is 0.0560. The van der Waals surface area contributed by atoms with Crippen LogP contribution in [0.5, 0.6) is 0 Å². The Labute approximate surface area is 137 Å². The van der Waals surface area contributed by atoms with Crippen LogP contribution in [-0.4, -0.2) is 13.5 Å². The van der Waals surface area contributed by atoms with Crippen molar-refractivity contribution in [2.45, 2.75) is 25.0 Å². The number of aliphatic hydroxyl groups excluding tert-OH is 1. The molecule has 0 radical (unpaired) electrons. The van der Waals surface area contributed by atoms with Gasteiger partial charge in [0.25, 0.3) is 0 Å². The summed E-state index contributed by atoms with van der Waals surface area (Å²) in [5, 5.41) is 13.2. The summed E-state index contributed by atoms with van der Waals surface area (Å²) in [6.07, 6.45) is 0. The summed E-state index contributed by atoms with van der Waals surface area (Å²) in [7, 11) is -3.78. The molecule has 0 aliphatic rings. The zero-order chi connectivity index (χ0) is 15.6. The van der Waals surface area contributed by atoms with Crippen LogP contribution in [-0.2, 0) is 23.2 Å². The first-order valence-electron chi connectivity index (χ1n) is 5.96. The highest BCUT2D eigenvalue weighted by atomic mass is 35.5. The van der Waals surface area contributed by atoms with Crippen molar-refractivity contribution in [1.29, 1.82) is 0 Å². The molecule has 0 saturated carbocycles. The van der Waals surface area contributed by atoms with E-state index in [1.165, 1.54) is 23.5 Å². The molecule has 0 fully saturated rings. The quantitative estimate of drug-likeness (QED) is 0.853. The van der Waals surface area contributed by atoms with Gasteiger partial charge in [-0.2, -0.15) is 11.3 Å². The first-order valence-corrected chi connectivity index (χ1v) is 9.14. The summed E-state index contributed by atoms with van der Waals surface area (Å²) in [6.45, 7) is 1.68. The first-order chi connectivity index (χ1) is 9.86. The lowest BCUT2D eigenvalue weighted by Gasteiger charge is -2.11. The Morgan fingerprint density at radius 1 is 1.29 bits per heavy atom. The third-order valence-electron chi connectivity index (χ3n) is 3.01. The van der Waals surface area contributed by atoms with Crippen molar-refractivity contribution in [1.82, 2.24) is 4.72 Å². The standard InChI is InChI=1S/C13H13Cl2NO3S2/c1-8-6-20-7-9(8)4-16-21(18,19)12-3-2-11(14)10(5-17)13(12)15/h2-3,6-7,16-17H,4-5H2,1H3. The maximum atomic E-state index is 12.3. The third kappa shape index (κ3) is 3.59. The first kappa shape index (κ1) is 16.7. The Morgan fingerprint density at radius 2 is 2.00 bits per heavy atom. The summed E-state index contributed by atoms with van der Waals surface area (Å²) in [5.41, 5.74) is 2.14. The molecule has 0 amide bonds. The topological polar surface area (TPSA) is 66.4 Å². The molecule has 1 heterocycles. The molecule has 4 nitrogen and oxygen atoms in total. The molecule has 0 unspecified atom stereocenters. The molecule has 0 aliphatic carbocycles. The normalized spacial score (nSPS) is 11.8. The van der Waals surface area contributed by atoms with Gasteiger partial charge >= 0.3 is 0 Å². The number of hydrogen-bond donors (Lipinski definition) is 2. The lowest BCUT2D eigenvalue weighted by molar-refractivity contribution is 0.281. The van der Waals surface area contributed by atoms with Crippen molar-refractivity contribution in [2.75, 3.05) is 0 Å². The molecule has 1 aromatic heterocycles. The van der Waals surface area contributed by atoms with Gasteiger partial charge in [0.15, 0.2) is 0 Å². The number of nitrogens with one attached hydrogen (secondary N) is 1. The number of hydrogen-bond acceptors (Lipinski definition) is 4. The Morgan fingerprint density at radius 3 is 2.57 bits per heavy atom. The van der Waals surface area contributed by atoms with E-state index in [0.717, 1.165) is 11.1 Å². The van der Waals surface area contributed by atoms with E-state index < -0.39 is 16.6 Å². The second-order valence-electron chi connectivity index (χ2n) is 4.40. The second kappa shape index (κ2) is 6.64. The molecule has 0 aliphatic heterocycles. The Bertz CT molecular complexity index is 757. The van der Waals surface area contributed by atoms with E-state index >= 15 is 0 Å². The number of sulfonamides is 1. The van der Waals surface area contributed by atoms with Gasteiger partial charge in [-0.1, -0.05) is 23.2 Å². The van der Waals surface area contributed by atoms with Crippen molar-refractivity contribution in [2.24, 2.45) is 0 Å². The predicted octanol–water partition coefficient (Wildman–Crippen LogP) is 3.33. The van der Waals surface area contributed by atoms with Crippen LogP contribution in [0.3, 0.4) is 0 Å². The summed E-state index contributed by atoms with van der Waals surface area (Å²) in [6, 6.07) is 2.73. The highest BCUT2D eigenvalue weighted by Gasteiger charge is 2.21. The Balaban J connectivity index is 2.30. The highest BCUT2D eigenvalue weighted by Crippen LogP contribution is 2.31. The van der Waals surface area contributed by atoms with E-state index in [4.69, 9.17) is 23.2 Å². The zero-order valence-electron chi connectivity index (χ0n) is 11.1. The Hall–Kier alpha value is -0.630. The van der Waals surface area contributed by atoms with Gasteiger partial charge in [-0.05, 0) is 40.9 Å². The van der Waals surface area contributed by atoms with Gasteiger partial charge in [0.2, 0.25) is 10.0 Å². The van der Waals surface area contributed by atoms with Crippen LogP contribution in [0.15, 0.2) is 27.8 Å². The summed E-state index contributed by atoms with van der Waals surface area (Å²) in [5.74, 6) is 0. The molecule has 0 saturated heterocycles. The summed E-state index contributed by atoms with van der Waals surface area (Å²) >= 11 is 13.4. The van der Waals surface area contributed by atoms with Crippen LogP contribution < -0.4 is 4.72 Å². The molecule has 0 spiro atoms. The van der Waals surface area contributed by atoms with E-state index in [0.29, 0.717) is 0 Å². The van der Waals surface area contributed by atoms with Gasteiger partial charge in [-0.3, -0.25) is 0 Å². The summed E-state index contributed by atoms with van der Waals surface area (Å²) in [4.78, 5) is -0.0921. The average Bonchev–Trinajstić information content (AvgIpc) is 2.82. The highest BCUT2D eigenvalue weighted by molar-refractivity contribution is 7.89. The van der Waals surface area contributed by atoms with Crippen molar-refractivity contribution in [3.05, 3.63) is 49.6 Å². The molecule has 8 heteroatoms. The van der Waals surface area contributed by atoms with Gasteiger partial charge in [0, 0.05) is 17.1 Å². The van der Waals surface area contributed by atoms with Crippen molar-refractivity contribution >= 4 is 44.6 Å². The minimum Gasteiger partial charge on any atom is -0.392 e. The molecule has 114 valence electrons. The third-order valence-corrected chi connectivity index (χ3v) is 6.26. The Kier molecular flexibility index (Phi) is 5.29. The van der Waals surface area contributed by atoms with Crippen LogP contribution in [0.2, 0.25) is 10.0 Å². The van der Waals surface area contributed by atoms with Gasteiger partial charge in [0.1, 0.15) is 4.90 Å². The number of aryl methyl sites for hydroxylation is 1. The van der Waals surface area contributed by atoms with Gasteiger partial charge in [-0.15, -0.1) is 0 Å². The van der Waals surface area contributed by atoms with Gasteiger partial charge in [0.05, 0.1) is 11.6 Å². The number of rotatable bonds is 5. The molecule has 2 N–H and O–H groups in total. The van der Waals surface area contributed by atoms with Gasteiger partial charge in [-0.25, -0.2) is 13.1 Å². The number of benzene rings is 1. The fourth-order valence-corrected chi connectivity index (χ4v) is 4.51. The number of thiophene rings is 1. The number of aliphatic hydroxyl groups is 1. The minimum atomic E-state index is -3.78. The van der Waals surface area contributed by atoms with E-state index in [1.807, 2.05) is 17.7 Å². The van der Waals surface area contributed by atoms with E-state index in [1.54, 1.807) is 0 Å². The largest absolute Gasteiger partial charge is 0.392 e. The molecule has 1 aromatic carbocycles. The van der Waals surface area contributed by atoms with Gasteiger partial charge < -0.3 is 5.11 Å². The van der Waals surface area contributed by atoms with Crippen LogP contribution in [0, 0.1) is 6.92 Å². The lowest BCUT2D eigenvalue weighted by atomic mass is 10.2. The maximum absolute atomic E-state index is 12.3. The van der Waals surface area contributed by atoms with Crippen LogP contribution in [0.1, 0.15) is 16.7 Å². The average molecular weight is 366 g/mol. The predicted molar refractivity (Wildman–Crippen MR) is 85.5 cm³/mol. The van der Waals surface area contributed by atoms with Crippen LogP contribution in [0.25, 0.3) is 0 Å². The molecule has 2 aromatic rings. The van der Waals surface area contributed by atoms with Crippen LogP contribution >= 0.6 is 34.5 Å². The molecule has 0 atom stereocenters. The zero-order valence-corrected chi connectivity index (χ0v) is 14.2. The number of halogens is 2. The maximum Gasteiger partial charge on any atom is 0.242 e. The molecule has 0 bridgehead atoms. The molecular formula is C13H13Cl2NO3S2. The van der Waals surface area contributed by atoms with Crippen molar-refractivity contribution in [3.63, 3.8) is 0 Å². The van der Waals surface area contributed by atoms with Crippen LogP contribution in [0.4, 0.5) is 0 Å². The second-order valence-corrected chi connectivity index (χ2v) is 7.66. The lowest BCUT2D eigenvalue weighted by Crippen LogP contribution is -2.24. The SMILES string of the molecule is Cc1cscc1CNS(=O)(=O)c1ccc(Cl)c(CO)c1Cl. The smallest absolute Gasteiger partial charge is 0.242 e.